The lowest BCUT2D eigenvalue weighted by Crippen LogP contribution is -1.99. The summed E-state index contributed by atoms with van der Waals surface area (Å²) in [6, 6.07) is 20.5. The van der Waals surface area contributed by atoms with Crippen LogP contribution in [-0.2, 0) is 6.61 Å². The minimum Gasteiger partial charge on any atom is -0.486 e. The molecule has 0 bridgehead atoms. The van der Waals surface area contributed by atoms with E-state index in [1.54, 1.807) is 24.4 Å². The second-order valence-electron chi connectivity index (χ2n) is 6.47. The molecule has 31 heavy (non-hydrogen) atoms. The van der Waals surface area contributed by atoms with Gasteiger partial charge in [-0.1, -0.05) is 83.3 Å². The largest absolute Gasteiger partial charge is 0.486 e. The number of aromatic amines is 1. The number of aromatic nitrogens is 3. The Labute approximate surface area is 198 Å². The predicted octanol–water partition coefficient (Wildman–Crippen LogP) is 7.03. The zero-order chi connectivity index (χ0) is 21.8. The molecule has 0 aliphatic carbocycles. The second kappa shape index (κ2) is 9.66. The van der Waals surface area contributed by atoms with Gasteiger partial charge in [-0.15, -0.1) is 0 Å². The maximum Gasteiger partial charge on any atom is 0.216 e. The van der Waals surface area contributed by atoms with Crippen molar-refractivity contribution in [3.8, 4) is 17.1 Å². The minimum atomic E-state index is 0.247. The molecule has 5 nitrogen and oxygen atoms in total. The van der Waals surface area contributed by atoms with E-state index in [0.717, 1.165) is 11.1 Å². The molecule has 0 fully saturated rings. The minimum absolute atomic E-state index is 0.247. The van der Waals surface area contributed by atoms with Crippen LogP contribution in [0.1, 0.15) is 11.1 Å². The normalized spacial score (nSPS) is 11.2. The van der Waals surface area contributed by atoms with Crippen LogP contribution in [0, 0.1) is 4.77 Å². The number of nitrogens with zero attached hydrogens (tertiary/aromatic N) is 3. The fraction of sp³-hybridized carbons (Fsp3) is 0.0455. The predicted molar refractivity (Wildman–Crippen MR) is 128 cm³/mol. The first-order valence-corrected chi connectivity index (χ1v) is 10.7. The summed E-state index contributed by atoms with van der Waals surface area (Å²) >= 11 is 24.3. The first kappa shape index (κ1) is 21.6. The first-order valence-electron chi connectivity index (χ1n) is 9.15. The molecule has 4 rings (SSSR count). The van der Waals surface area contributed by atoms with E-state index in [1.165, 1.54) is 4.68 Å². The zero-order valence-corrected chi connectivity index (χ0v) is 19.0. The molecule has 1 N–H and O–H groups in total. The van der Waals surface area contributed by atoms with Gasteiger partial charge in [-0.2, -0.15) is 14.9 Å². The van der Waals surface area contributed by atoms with Crippen LogP contribution < -0.4 is 4.74 Å². The lowest BCUT2D eigenvalue weighted by molar-refractivity contribution is 0.306. The highest BCUT2D eigenvalue weighted by Gasteiger charge is 2.11. The van der Waals surface area contributed by atoms with Gasteiger partial charge in [0.15, 0.2) is 11.6 Å². The fourth-order valence-electron chi connectivity index (χ4n) is 2.85. The maximum absolute atomic E-state index is 6.41. The SMILES string of the molecule is S=c1[nH]nc(-c2ccccc2)n1/N=C\c1cc(Cl)c(OCc2ccccc2Cl)c(Cl)c1. The molecule has 4 aromatic rings. The third-order valence-electron chi connectivity index (χ3n) is 4.36. The molecular formula is C22H15Cl3N4OS. The first-order chi connectivity index (χ1) is 15.0. The molecule has 0 atom stereocenters. The van der Waals surface area contributed by atoms with Gasteiger partial charge in [-0.3, -0.25) is 0 Å². The van der Waals surface area contributed by atoms with Gasteiger partial charge in [0.1, 0.15) is 6.61 Å². The van der Waals surface area contributed by atoms with E-state index >= 15 is 0 Å². The number of hydrogen-bond acceptors (Lipinski definition) is 4. The molecule has 0 saturated heterocycles. The molecule has 0 amide bonds. The Balaban J connectivity index is 1.57. The number of rotatable bonds is 6. The second-order valence-corrected chi connectivity index (χ2v) is 8.08. The molecule has 0 radical (unpaired) electrons. The van der Waals surface area contributed by atoms with Crippen molar-refractivity contribution in [2.75, 3.05) is 0 Å². The Morgan fingerprint density at radius 1 is 0.968 bits per heavy atom. The van der Waals surface area contributed by atoms with Crippen LogP contribution in [0.5, 0.6) is 5.75 Å². The van der Waals surface area contributed by atoms with Crippen LogP contribution in [-0.4, -0.2) is 21.1 Å². The van der Waals surface area contributed by atoms with Crippen molar-refractivity contribution in [3.63, 3.8) is 0 Å². The molecule has 156 valence electrons. The summed E-state index contributed by atoms with van der Waals surface area (Å²) in [6.45, 7) is 0.247. The van der Waals surface area contributed by atoms with Crippen molar-refractivity contribution >= 4 is 53.2 Å². The van der Waals surface area contributed by atoms with E-state index in [2.05, 4.69) is 15.3 Å². The molecule has 9 heteroatoms. The van der Waals surface area contributed by atoms with Gasteiger partial charge >= 0.3 is 0 Å². The van der Waals surface area contributed by atoms with Gasteiger partial charge in [0.2, 0.25) is 4.77 Å². The van der Waals surface area contributed by atoms with Crippen molar-refractivity contribution in [1.82, 2.24) is 14.9 Å². The number of hydrogen-bond donors (Lipinski definition) is 1. The Morgan fingerprint density at radius 3 is 2.35 bits per heavy atom. The van der Waals surface area contributed by atoms with Crippen LogP contribution in [0.4, 0.5) is 0 Å². The lowest BCUT2D eigenvalue weighted by atomic mass is 10.2. The Morgan fingerprint density at radius 2 is 1.65 bits per heavy atom. The van der Waals surface area contributed by atoms with Crippen LogP contribution in [0.3, 0.4) is 0 Å². The van der Waals surface area contributed by atoms with Gasteiger partial charge in [0.25, 0.3) is 0 Å². The molecule has 0 aliphatic heterocycles. The summed E-state index contributed by atoms with van der Waals surface area (Å²) in [5.74, 6) is 0.976. The molecule has 1 aromatic heterocycles. The van der Waals surface area contributed by atoms with E-state index in [4.69, 9.17) is 51.8 Å². The number of halogens is 3. The summed E-state index contributed by atoms with van der Waals surface area (Å²) in [6.07, 6.45) is 1.60. The van der Waals surface area contributed by atoms with Crippen LogP contribution in [0.15, 0.2) is 71.8 Å². The summed E-state index contributed by atoms with van der Waals surface area (Å²) < 4.78 is 7.71. The monoisotopic (exact) mass is 488 g/mol. The van der Waals surface area contributed by atoms with Gasteiger partial charge in [-0.25, -0.2) is 5.10 Å². The lowest BCUT2D eigenvalue weighted by Gasteiger charge is -2.11. The van der Waals surface area contributed by atoms with E-state index < -0.39 is 0 Å². The van der Waals surface area contributed by atoms with Crippen molar-refractivity contribution < 1.29 is 4.74 Å². The zero-order valence-electron chi connectivity index (χ0n) is 15.9. The molecular weight excluding hydrogens is 475 g/mol. The van der Waals surface area contributed by atoms with E-state index in [0.29, 0.717) is 37.0 Å². The topological polar surface area (TPSA) is 55.2 Å². The average molecular weight is 490 g/mol. The van der Waals surface area contributed by atoms with Crippen molar-refractivity contribution in [3.05, 3.63) is 97.7 Å². The van der Waals surface area contributed by atoms with E-state index in [9.17, 15) is 0 Å². The van der Waals surface area contributed by atoms with Gasteiger partial charge in [0.05, 0.1) is 16.3 Å². The summed E-state index contributed by atoms with van der Waals surface area (Å²) in [5.41, 5.74) is 2.40. The summed E-state index contributed by atoms with van der Waals surface area (Å²) in [5, 5.41) is 12.8. The molecule has 0 aliphatic rings. The number of nitrogens with one attached hydrogen (secondary N) is 1. The maximum atomic E-state index is 6.41. The Hall–Kier alpha value is -2.64. The third-order valence-corrected chi connectivity index (χ3v) is 5.55. The molecule has 3 aromatic carbocycles. The van der Waals surface area contributed by atoms with Gasteiger partial charge in [0, 0.05) is 16.1 Å². The molecule has 0 spiro atoms. The van der Waals surface area contributed by atoms with E-state index in [-0.39, 0.29) is 6.61 Å². The Kier molecular flexibility index (Phi) is 6.73. The molecule has 0 unspecified atom stereocenters. The van der Waals surface area contributed by atoms with Crippen molar-refractivity contribution in [1.29, 1.82) is 0 Å². The quantitative estimate of drug-likeness (QED) is 0.234. The van der Waals surface area contributed by atoms with Crippen molar-refractivity contribution in [2.45, 2.75) is 6.61 Å². The molecule has 0 saturated carbocycles. The number of benzene rings is 3. The Bertz CT molecular complexity index is 1280. The fourth-order valence-corrected chi connectivity index (χ4v) is 3.84. The van der Waals surface area contributed by atoms with Crippen LogP contribution >= 0.6 is 47.0 Å². The molecule has 1 heterocycles. The van der Waals surface area contributed by atoms with Gasteiger partial charge < -0.3 is 4.74 Å². The third kappa shape index (κ3) is 4.99. The highest BCUT2D eigenvalue weighted by Crippen LogP contribution is 2.35. The van der Waals surface area contributed by atoms with Gasteiger partial charge in [-0.05, 0) is 36.0 Å². The van der Waals surface area contributed by atoms with E-state index in [1.807, 2.05) is 48.5 Å². The van der Waals surface area contributed by atoms with Crippen molar-refractivity contribution in [2.24, 2.45) is 5.10 Å². The highest BCUT2D eigenvalue weighted by atomic mass is 35.5. The standard InChI is InChI=1S/C22H15Cl3N4OS/c23-17-9-5-4-8-16(17)13-30-20-18(24)10-14(11-19(20)25)12-26-29-21(27-28-22(29)31)15-6-2-1-3-7-15/h1-12H,13H2,(H,28,31)/b26-12-. The van der Waals surface area contributed by atoms with Crippen LogP contribution in [0.2, 0.25) is 15.1 Å². The summed E-state index contributed by atoms with van der Waals surface area (Å²) in [7, 11) is 0. The number of H-pyrrole nitrogens is 1. The average Bonchev–Trinajstić information content (AvgIpc) is 3.14. The summed E-state index contributed by atoms with van der Waals surface area (Å²) in [4.78, 5) is 0. The highest BCUT2D eigenvalue weighted by molar-refractivity contribution is 7.71. The smallest absolute Gasteiger partial charge is 0.216 e. The van der Waals surface area contributed by atoms with Crippen LogP contribution in [0.25, 0.3) is 11.4 Å². The number of ether oxygens (including phenoxy) is 1.